The number of allylic oxidation sites excluding steroid dienone is 3. The average Bonchev–Trinajstić information content (AvgIpc) is 3.25. The molecule has 290 valence electrons. The molecule has 0 amide bonds. The highest BCUT2D eigenvalue weighted by Crippen LogP contribution is 2.63. The smallest absolute Gasteiger partial charge is 0.403 e. The van der Waals surface area contributed by atoms with E-state index in [4.69, 9.17) is 9.05 Å². The van der Waals surface area contributed by atoms with Crippen LogP contribution in [0.25, 0.3) is 22.3 Å². The first-order chi connectivity index (χ1) is 25.2. The molecule has 1 N–H and O–H groups in total. The molecule has 3 unspecified atom stereocenters. The van der Waals surface area contributed by atoms with Crippen LogP contribution in [0, 0.1) is 70.0 Å². The number of nitrogens with one attached hydrogen (secondary N) is 1. The van der Waals surface area contributed by atoms with E-state index < -0.39 is 138 Å². The summed E-state index contributed by atoms with van der Waals surface area (Å²) < 4.78 is 241. The van der Waals surface area contributed by atoms with Crippen molar-refractivity contribution in [2.45, 2.75) is 56.9 Å². The van der Waals surface area contributed by atoms with Gasteiger partial charge in [0.15, 0.2) is 46.5 Å². The molecule has 0 radical (unpaired) electrons. The average molecular weight is 822 g/mol. The summed E-state index contributed by atoms with van der Waals surface area (Å²) in [5, 5.41) is 0. The standard InChI is InChI=1S/C33H21F13NO5PS/c34-21-19(22(35)26(39)29(42)25(21)38)15-9-11-5-1-3-7-13(11)17-18-14-8-4-2-6-12(14)10-16(20-23(36)27(40)30(43)28(41)24(20)37)32(18)52-53(48,51-31(15)17)47-54(49,50)33(44,45)46/h9-11,13H,1-8H2,(H,47,48). The van der Waals surface area contributed by atoms with E-state index in [9.17, 15) is 52.5 Å². The second-order valence-electron chi connectivity index (χ2n) is 13.0. The zero-order valence-corrected chi connectivity index (χ0v) is 28.5. The molecular formula is C33H21F13NO5PS. The zero-order chi connectivity index (χ0) is 39.4. The summed E-state index contributed by atoms with van der Waals surface area (Å²) in [6, 6.07) is 0.849. The second-order valence-corrected chi connectivity index (χ2v) is 16.5. The summed E-state index contributed by atoms with van der Waals surface area (Å²) in [5.74, 6) is -29.4. The summed E-state index contributed by atoms with van der Waals surface area (Å²) in [7, 11) is -13.2. The molecule has 3 aromatic rings. The first-order valence-electron chi connectivity index (χ1n) is 16.0. The van der Waals surface area contributed by atoms with Gasteiger partial charge in [0.25, 0.3) is 0 Å². The van der Waals surface area contributed by atoms with Gasteiger partial charge in [-0.25, -0.2) is 56.9 Å². The number of halogens is 13. The first-order valence-corrected chi connectivity index (χ1v) is 19.0. The quantitative estimate of drug-likeness (QED) is 0.123. The highest BCUT2D eigenvalue weighted by atomic mass is 32.2. The third kappa shape index (κ3) is 5.81. The fraction of sp³-hybridized carbons (Fsp3) is 0.333. The highest BCUT2D eigenvalue weighted by molar-refractivity contribution is 7.95. The Morgan fingerprint density at radius 3 is 1.76 bits per heavy atom. The lowest BCUT2D eigenvalue weighted by molar-refractivity contribution is -0.0443. The number of hydrogen-bond donors (Lipinski definition) is 1. The Hall–Kier alpha value is -4.03. The van der Waals surface area contributed by atoms with Crippen molar-refractivity contribution in [1.29, 1.82) is 0 Å². The molecule has 4 aliphatic rings. The third-order valence-electron chi connectivity index (χ3n) is 9.85. The van der Waals surface area contributed by atoms with Crippen LogP contribution < -0.4 is 9.02 Å². The number of sulfonamides is 1. The van der Waals surface area contributed by atoms with Crippen molar-refractivity contribution in [2.75, 3.05) is 0 Å². The molecule has 3 aromatic carbocycles. The van der Waals surface area contributed by atoms with Gasteiger partial charge in [0.1, 0.15) is 11.5 Å². The van der Waals surface area contributed by atoms with Crippen LogP contribution in [-0.2, 0) is 32.0 Å². The molecule has 1 fully saturated rings. The molecule has 21 heteroatoms. The lowest BCUT2D eigenvalue weighted by Gasteiger charge is -2.38. The lowest BCUT2D eigenvalue weighted by atomic mass is 9.66. The molecular weight excluding hydrogens is 800 g/mol. The molecule has 7 rings (SSSR count). The van der Waals surface area contributed by atoms with Gasteiger partial charge in [-0.2, -0.15) is 13.2 Å². The summed E-state index contributed by atoms with van der Waals surface area (Å²) in [6.45, 7) is 0. The van der Waals surface area contributed by atoms with Crippen LogP contribution in [0.1, 0.15) is 60.8 Å². The third-order valence-corrected chi connectivity index (χ3v) is 13.2. The van der Waals surface area contributed by atoms with Gasteiger partial charge in [-0.3, -0.25) is 0 Å². The molecule has 6 nitrogen and oxygen atoms in total. The molecule has 0 saturated heterocycles. The van der Waals surface area contributed by atoms with E-state index >= 15 is 17.6 Å². The predicted octanol–water partition coefficient (Wildman–Crippen LogP) is 10.2. The van der Waals surface area contributed by atoms with Gasteiger partial charge in [-0.1, -0.05) is 23.4 Å². The Morgan fingerprint density at radius 1 is 0.667 bits per heavy atom. The number of alkyl halides is 3. The van der Waals surface area contributed by atoms with E-state index in [1.165, 1.54) is 0 Å². The van der Waals surface area contributed by atoms with Gasteiger partial charge in [0, 0.05) is 22.3 Å². The van der Waals surface area contributed by atoms with Gasteiger partial charge in [-0.05, 0) is 67.6 Å². The SMILES string of the molecule is O=P1(NS(=O)(=O)C(F)(F)F)OC2=C(c3c4c(cc(-c5c(F)c(F)c(F)c(F)c5F)c3O1)CCCC4)C1CCCCC1C=C2c1c(F)c(F)c(F)c(F)c1F. The van der Waals surface area contributed by atoms with Crippen molar-refractivity contribution in [3.63, 3.8) is 0 Å². The maximum Gasteiger partial charge on any atom is 0.526 e. The summed E-state index contributed by atoms with van der Waals surface area (Å²) in [5.41, 5.74) is -12.6. The van der Waals surface area contributed by atoms with Crippen LogP contribution in [0.3, 0.4) is 0 Å². The molecule has 0 aromatic heterocycles. The van der Waals surface area contributed by atoms with Crippen molar-refractivity contribution in [1.82, 2.24) is 4.49 Å². The second kappa shape index (κ2) is 13.0. The van der Waals surface area contributed by atoms with Crippen LogP contribution in [0.15, 0.2) is 17.9 Å². The van der Waals surface area contributed by atoms with Crippen LogP contribution in [0.5, 0.6) is 5.75 Å². The molecule has 1 saturated carbocycles. The van der Waals surface area contributed by atoms with E-state index in [-0.39, 0.29) is 36.8 Å². The summed E-state index contributed by atoms with van der Waals surface area (Å²) >= 11 is 0. The Bertz CT molecular complexity index is 2340. The summed E-state index contributed by atoms with van der Waals surface area (Å²) in [6.07, 6.45) is 2.61. The molecule has 0 spiro atoms. The summed E-state index contributed by atoms with van der Waals surface area (Å²) in [4.78, 5) is 0. The number of rotatable bonds is 4. The van der Waals surface area contributed by atoms with Gasteiger partial charge >= 0.3 is 23.3 Å². The van der Waals surface area contributed by atoms with E-state index in [2.05, 4.69) is 0 Å². The van der Waals surface area contributed by atoms with Gasteiger partial charge in [-0.15, -0.1) is 0 Å². The Labute approximate surface area is 296 Å². The molecule has 3 atom stereocenters. The molecule has 1 aliphatic heterocycles. The van der Waals surface area contributed by atoms with E-state index in [1.54, 1.807) is 0 Å². The number of fused-ring (bicyclic) bond motifs is 6. The van der Waals surface area contributed by atoms with E-state index in [0.29, 0.717) is 30.2 Å². The Morgan fingerprint density at radius 2 is 1.19 bits per heavy atom. The topological polar surface area (TPSA) is 81.7 Å². The van der Waals surface area contributed by atoms with Crippen molar-refractivity contribution in [3.8, 4) is 16.9 Å². The normalized spacial score (nSPS) is 22.6. The highest BCUT2D eigenvalue weighted by Gasteiger charge is 2.54. The van der Waals surface area contributed by atoms with Crippen LogP contribution >= 0.6 is 7.75 Å². The molecule has 0 bridgehead atoms. The van der Waals surface area contributed by atoms with Gasteiger partial charge in [0.05, 0.1) is 11.1 Å². The predicted molar refractivity (Wildman–Crippen MR) is 162 cm³/mol. The molecule has 3 aliphatic carbocycles. The fourth-order valence-electron chi connectivity index (χ4n) is 7.54. The number of aryl methyl sites for hydroxylation is 1. The van der Waals surface area contributed by atoms with Crippen molar-refractivity contribution in [2.24, 2.45) is 11.8 Å². The zero-order valence-electron chi connectivity index (χ0n) is 26.8. The minimum atomic E-state index is -6.82. The Balaban J connectivity index is 1.67. The maximum atomic E-state index is 15.6. The first kappa shape index (κ1) is 38.3. The van der Waals surface area contributed by atoms with Gasteiger partial charge < -0.3 is 9.05 Å². The Kier molecular flexibility index (Phi) is 9.24. The lowest BCUT2D eigenvalue weighted by Crippen LogP contribution is -2.36. The fourth-order valence-corrected chi connectivity index (χ4v) is 10.3. The minimum Gasteiger partial charge on any atom is -0.403 e. The molecule has 54 heavy (non-hydrogen) atoms. The van der Waals surface area contributed by atoms with Crippen LogP contribution in [0.4, 0.5) is 57.1 Å². The van der Waals surface area contributed by atoms with E-state index in [0.717, 1.165) is 12.1 Å². The van der Waals surface area contributed by atoms with E-state index in [1.807, 2.05) is 0 Å². The molecule has 1 heterocycles. The van der Waals surface area contributed by atoms with Gasteiger partial charge in [0.2, 0.25) is 11.6 Å². The van der Waals surface area contributed by atoms with Crippen molar-refractivity contribution < 1.29 is 79.1 Å². The van der Waals surface area contributed by atoms with Crippen molar-refractivity contribution >= 4 is 28.9 Å². The van der Waals surface area contributed by atoms with Crippen LogP contribution in [-0.4, -0.2) is 13.9 Å². The van der Waals surface area contributed by atoms with Crippen LogP contribution in [0.2, 0.25) is 0 Å². The largest absolute Gasteiger partial charge is 0.526 e. The maximum absolute atomic E-state index is 15.6. The number of hydrogen-bond acceptors (Lipinski definition) is 5. The monoisotopic (exact) mass is 821 g/mol. The minimum absolute atomic E-state index is 0.0211. The number of benzene rings is 3. The van der Waals surface area contributed by atoms with Crippen molar-refractivity contribution in [3.05, 3.63) is 98.3 Å².